The van der Waals surface area contributed by atoms with Gasteiger partial charge in [-0.1, -0.05) is 190 Å². The molecular weight excluding hydrogens is 1100 g/mol. The van der Waals surface area contributed by atoms with Crippen molar-refractivity contribution >= 4 is 16.7 Å². The third-order valence-corrected chi connectivity index (χ3v) is 16.7. The smallest absolute Gasteiger partial charge is 0.430 e. The first-order chi connectivity index (χ1) is 38.9. The lowest BCUT2D eigenvalue weighted by atomic mass is 9.81. The van der Waals surface area contributed by atoms with E-state index in [1.54, 1.807) is 36.4 Å². The molecule has 15 heteroatoms. The predicted octanol–water partition coefficient (Wildman–Crippen LogP) is 18.8. The Labute approximate surface area is 502 Å². The van der Waals surface area contributed by atoms with Crippen LogP contribution in [0, 0.1) is 5.41 Å². The molecule has 0 fully saturated rings. The van der Waals surface area contributed by atoms with Crippen LogP contribution in [-0.2, 0) is 42.2 Å². The van der Waals surface area contributed by atoms with E-state index < -0.39 is 28.9 Å². The molecule has 0 saturated carbocycles. The van der Waals surface area contributed by atoms with Gasteiger partial charge in [0.25, 0.3) is 5.60 Å². The maximum Gasteiger partial charge on any atom is 0.430 e. The third-order valence-electron chi connectivity index (χ3n) is 16.7. The number of aromatic hydroxyl groups is 5. The molecule has 0 bridgehead atoms. The lowest BCUT2D eigenvalue weighted by molar-refractivity contribution is -0.376. The van der Waals surface area contributed by atoms with Gasteiger partial charge in [-0.3, -0.25) is 4.79 Å². The fourth-order valence-electron chi connectivity index (χ4n) is 7.59. The summed E-state index contributed by atoms with van der Waals surface area (Å²) in [6, 6.07) is 35.6. The summed E-state index contributed by atoms with van der Waals surface area (Å²) in [5, 5.41) is 66.1. The van der Waals surface area contributed by atoms with E-state index in [0.717, 1.165) is 43.1 Å². The molecule has 7 N–H and O–H groups in total. The van der Waals surface area contributed by atoms with E-state index in [9.17, 15) is 51.6 Å². The van der Waals surface area contributed by atoms with Crippen LogP contribution in [0.25, 0.3) is 10.8 Å². The SMILES string of the molecule is CCC(C)(C)C(=O)OCCO.CCC(C)(C)c1ccc(C(O)(C(F)(F)F)C(F)(F)F)cc1.CCC(C)(C)c1ccc(O)c(O)c1.CCC(C)(C)c1ccc(O)cc1.CCC(C)(C)c1ccc2cc(O)ccc2c1.CCC(C)(C)c1cccc(O)c1. The quantitative estimate of drug-likeness (QED) is 0.0301. The van der Waals surface area contributed by atoms with Crippen molar-refractivity contribution in [3.05, 3.63) is 161 Å². The fraction of sp³-hybridized carbons (Fsp3) is 0.500. The molecule has 0 atom stereocenters. The van der Waals surface area contributed by atoms with Gasteiger partial charge in [-0.25, -0.2) is 0 Å². The molecule has 0 spiro atoms. The van der Waals surface area contributed by atoms with Gasteiger partial charge in [-0.15, -0.1) is 0 Å². The van der Waals surface area contributed by atoms with Gasteiger partial charge in [-0.2, -0.15) is 26.3 Å². The summed E-state index contributed by atoms with van der Waals surface area (Å²) in [6.07, 6.45) is -5.99. The van der Waals surface area contributed by atoms with Gasteiger partial charge in [0.2, 0.25) is 0 Å². The Morgan fingerprint density at radius 3 is 1.13 bits per heavy atom. The topological polar surface area (TPSA) is 168 Å². The maximum absolute atomic E-state index is 12.7. The summed E-state index contributed by atoms with van der Waals surface area (Å²) in [6.45, 7) is 37.2. The summed E-state index contributed by atoms with van der Waals surface area (Å²) in [7, 11) is 0. The molecule has 85 heavy (non-hydrogen) atoms. The van der Waals surface area contributed by atoms with E-state index in [1.807, 2.05) is 77.9 Å². The standard InChI is InChI=1S/C15H18O.C14H16F6O.C11H16O2.2C11H16O.C8H16O3/c1-4-15(2,3)13-7-5-12-10-14(16)8-6-11(12)9-13;1-4-11(2,3)9-5-7-10(8-6-9)12(21,13(15,16)17)14(18,19)20;1-4-11(2,3)8-5-6-9(12)10(13)7-8;1-4-11(2,3)9-5-7-10(12)8-6-9;1-4-11(2,3)9-6-5-7-10(12)8-9;1-4-8(2,3)7(10)11-6-5-9/h5-10,16H,4H2,1-3H3;5-8,21H,4H2,1-3H3;5-7,12-13H,4H2,1-3H3;2*5-8,12H,4H2,1-3H3;9H,4-6H2,1-3H3. The summed E-state index contributed by atoms with van der Waals surface area (Å²) in [4.78, 5) is 11.1. The van der Waals surface area contributed by atoms with Crippen molar-refractivity contribution in [1.82, 2.24) is 0 Å². The molecule has 6 aromatic rings. The average Bonchev–Trinajstić information content (AvgIpc) is 2.05. The van der Waals surface area contributed by atoms with Crippen LogP contribution in [-0.4, -0.2) is 67.3 Å². The number of benzene rings is 6. The van der Waals surface area contributed by atoms with Crippen molar-refractivity contribution in [1.29, 1.82) is 0 Å². The minimum Gasteiger partial charge on any atom is -0.508 e. The molecule has 0 aromatic heterocycles. The van der Waals surface area contributed by atoms with Gasteiger partial charge >= 0.3 is 18.3 Å². The molecule has 0 aliphatic carbocycles. The number of carbonyl (C=O) groups is 1. The van der Waals surface area contributed by atoms with Gasteiger partial charge < -0.3 is 40.5 Å². The van der Waals surface area contributed by atoms with Crippen molar-refractivity contribution in [2.45, 2.75) is 208 Å². The second-order valence-corrected chi connectivity index (χ2v) is 25.1. The van der Waals surface area contributed by atoms with Crippen LogP contribution in [0.4, 0.5) is 26.3 Å². The Morgan fingerprint density at radius 1 is 0.388 bits per heavy atom. The molecule has 0 saturated heterocycles. The number of alkyl halides is 6. The lowest BCUT2D eigenvalue weighted by Crippen LogP contribution is -2.53. The number of halogens is 6. The summed E-state index contributed by atoms with van der Waals surface area (Å²) >= 11 is 0. The van der Waals surface area contributed by atoms with Gasteiger partial charge in [0.15, 0.2) is 11.5 Å². The van der Waals surface area contributed by atoms with Gasteiger partial charge in [0, 0.05) is 5.56 Å². The van der Waals surface area contributed by atoms with E-state index >= 15 is 0 Å². The summed E-state index contributed by atoms with van der Waals surface area (Å²) in [5.74, 6) is 0.679. The number of carbonyl (C=O) groups excluding carboxylic acids is 1. The van der Waals surface area contributed by atoms with Crippen LogP contribution in [0.5, 0.6) is 28.7 Å². The van der Waals surface area contributed by atoms with E-state index in [-0.39, 0.29) is 57.8 Å². The summed E-state index contributed by atoms with van der Waals surface area (Å²) < 4.78 is 81.1. The number of hydrogen-bond donors (Lipinski definition) is 7. The molecule has 0 heterocycles. The monoisotopic (exact) mass is 1200 g/mol. The fourth-order valence-corrected chi connectivity index (χ4v) is 7.59. The number of aliphatic hydroxyl groups is 2. The molecular formula is C70H98F6O9. The first kappa shape index (κ1) is 76.6. The second kappa shape index (κ2) is 31.8. The Morgan fingerprint density at radius 2 is 0.729 bits per heavy atom. The molecule has 0 amide bonds. The normalized spacial score (nSPS) is 12.3. The predicted molar refractivity (Wildman–Crippen MR) is 333 cm³/mol. The molecule has 0 aliphatic rings. The highest BCUT2D eigenvalue weighted by Crippen LogP contribution is 2.50. The van der Waals surface area contributed by atoms with Crippen LogP contribution < -0.4 is 0 Å². The van der Waals surface area contributed by atoms with Crippen LogP contribution in [0.3, 0.4) is 0 Å². The molecule has 6 rings (SSSR count). The molecule has 474 valence electrons. The van der Waals surface area contributed by atoms with E-state index in [0.29, 0.717) is 41.4 Å². The van der Waals surface area contributed by atoms with Gasteiger partial charge in [0.05, 0.1) is 12.0 Å². The number of phenols is 5. The van der Waals surface area contributed by atoms with E-state index in [4.69, 9.17) is 20.1 Å². The van der Waals surface area contributed by atoms with Crippen molar-refractivity contribution in [3.63, 3.8) is 0 Å². The van der Waals surface area contributed by atoms with E-state index in [1.165, 1.54) is 40.3 Å². The van der Waals surface area contributed by atoms with Crippen molar-refractivity contribution in [2.75, 3.05) is 13.2 Å². The third kappa shape index (κ3) is 22.4. The Bertz CT molecular complexity index is 2940. The van der Waals surface area contributed by atoms with Crippen molar-refractivity contribution in [3.8, 4) is 28.7 Å². The molecule has 9 nitrogen and oxygen atoms in total. The Balaban J connectivity index is 0.000000518. The van der Waals surface area contributed by atoms with Crippen molar-refractivity contribution in [2.24, 2.45) is 5.41 Å². The first-order valence-corrected chi connectivity index (χ1v) is 29.0. The molecule has 0 unspecified atom stereocenters. The van der Waals surface area contributed by atoms with Crippen LogP contribution in [0.15, 0.2) is 127 Å². The zero-order chi connectivity index (χ0) is 65.8. The average molecular weight is 1200 g/mol. The highest BCUT2D eigenvalue weighted by atomic mass is 19.4. The molecule has 6 aromatic carbocycles. The zero-order valence-electron chi connectivity index (χ0n) is 53.5. The van der Waals surface area contributed by atoms with Crippen LogP contribution in [0.2, 0.25) is 0 Å². The number of ether oxygens (including phenoxy) is 1. The van der Waals surface area contributed by atoms with Crippen LogP contribution in [0.1, 0.15) is 197 Å². The maximum atomic E-state index is 12.7. The molecule has 0 aliphatic heterocycles. The largest absolute Gasteiger partial charge is 0.508 e. The summed E-state index contributed by atoms with van der Waals surface area (Å²) in [5.41, 5.74) is -0.786. The minimum atomic E-state index is -5.85. The minimum absolute atomic E-state index is 0.0426. The number of fused-ring (bicyclic) bond motifs is 1. The second-order valence-electron chi connectivity index (χ2n) is 25.1. The Hall–Kier alpha value is -6.45. The molecule has 0 radical (unpaired) electrons. The number of aliphatic hydroxyl groups excluding tert-OH is 1. The van der Waals surface area contributed by atoms with Gasteiger partial charge in [0.1, 0.15) is 23.9 Å². The van der Waals surface area contributed by atoms with Gasteiger partial charge in [-0.05, 0) is 167 Å². The van der Waals surface area contributed by atoms with E-state index in [2.05, 4.69) is 107 Å². The lowest BCUT2D eigenvalue weighted by Gasteiger charge is -2.33. The number of rotatable bonds is 15. The highest BCUT2D eigenvalue weighted by molar-refractivity contribution is 5.84. The number of esters is 1. The first-order valence-electron chi connectivity index (χ1n) is 29.0. The number of phenolic OH excluding ortho intramolecular Hbond substituents is 5. The van der Waals surface area contributed by atoms with Crippen molar-refractivity contribution < 1.29 is 71.6 Å². The number of hydrogen-bond acceptors (Lipinski definition) is 9. The zero-order valence-corrected chi connectivity index (χ0v) is 53.5. The van der Waals surface area contributed by atoms with Crippen LogP contribution >= 0.6 is 0 Å². The Kier molecular flexibility index (Phi) is 28.6. The highest BCUT2D eigenvalue weighted by Gasteiger charge is 2.71.